The maximum absolute atomic E-state index is 11.6. The molecule has 16 heavy (non-hydrogen) atoms. The van der Waals surface area contributed by atoms with Gasteiger partial charge in [0.15, 0.2) is 0 Å². The first-order valence-electron chi connectivity index (χ1n) is 4.59. The first kappa shape index (κ1) is 10.6. The fourth-order valence-electron chi connectivity index (χ4n) is 1.21. The fraction of sp³-hybridized carbons (Fsp3) is 0.100. The topological polar surface area (TPSA) is 70.7 Å². The van der Waals surface area contributed by atoms with Crippen LogP contribution in [0.1, 0.15) is 16.1 Å². The van der Waals surface area contributed by atoms with Crippen molar-refractivity contribution >= 4 is 23.2 Å². The van der Waals surface area contributed by atoms with Crippen LogP contribution in [0.15, 0.2) is 24.5 Å². The molecule has 0 unspecified atom stereocenters. The van der Waals surface area contributed by atoms with Crippen LogP contribution in [-0.2, 0) is 0 Å². The van der Waals surface area contributed by atoms with E-state index in [0.717, 1.165) is 5.56 Å². The molecular formula is C10H9ClN4O. The molecule has 0 atom stereocenters. The Hall–Kier alpha value is -1.88. The van der Waals surface area contributed by atoms with E-state index in [-0.39, 0.29) is 5.91 Å². The van der Waals surface area contributed by atoms with Gasteiger partial charge in [-0.15, -0.1) is 0 Å². The van der Waals surface area contributed by atoms with Crippen molar-refractivity contribution in [2.24, 2.45) is 0 Å². The second-order valence-corrected chi connectivity index (χ2v) is 3.61. The van der Waals surface area contributed by atoms with Crippen molar-refractivity contribution in [1.82, 2.24) is 15.2 Å². The number of H-pyrrole nitrogens is 1. The Morgan fingerprint density at radius 1 is 1.56 bits per heavy atom. The first-order valence-corrected chi connectivity index (χ1v) is 4.97. The smallest absolute Gasteiger partial charge is 0.273 e. The van der Waals surface area contributed by atoms with Gasteiger partial charge >= 0.3 is 0 Å². The van der Waals surface area contributed by atoms with Crippen molar-refractivity contribution in [2.75, 3.05) is 5.32 Å². The number of pyridine rings is 1. The molecular weight excluding hydrogens is 228 g/mol. The lowest BCUT2D eigenvalue weighted by Crippen LogP contribution is -2.12. The molecule has 2 heterocycles. The monoisotopic (exact) mass is 236 g/mol. The van der Waals surface area contributed by atoms with E-state index in [9.17, 15) is 4.79 Å². The van der Waals surface area contributed by atoms with Crippen LogP contribution in [0.3, 0.4) is 0 Å². The van der Waals surface area contributed by atoms with E-state index in [1.807, 2.05) is 6.92 Å². The van der Waals surface area contributed by atoms with Crippen LogP contribution >= 0.6 is 11.6 Å². The van der Waals surface area contributed by atoms with Crippen LogP contribution < -0.4 is 5.32 Å². The first-order chi connectivity index (χ1) is 7.66. The average Bonchev–Trinajstić information content (AvgIpc) is 2.77. The minimum Gasteiger partial charge on any atom is -0.319 e. The molecule has 6 heteroatoms. The van der Waals surface area contributed by atoms with Gasteiger partial charge in [0.2, 0.25) is 0 Å². The lowest BCUT2D eigenvalue weighted by atomic mass is 10.3. The summed E-state index contributed by atoms with van der Waals surface area (Å²) in [5, 5.41) is 9.38. The standard InChI is InChI=1S/C10H9ClN4O/c1-6-4-7(5-12-9(6)11)14-10(16)8-2-3-13-15-8/h2-5H,1H3,(H,13,15)(H,14,16). The van der Waals surface area contributed by atoms with Gasteiger partial charge in [-0.2, -0.15) is 5.10 Å². The zero-order valence-electron chi connectivity index (χ0n) is 8.49. The van der Waals surface area contributed by atoms with E-state index in [2.05, 4.69) is 20.5 Å². The van der Waals surface area contributed by atoms with Crippen LogP contribution in [-0.4, -0.2) is 21.1 Å². The molecule has 2 N–H and O–H groups in total. The van der Waals surface area contributed by atoms with Crippen LogP contribution in [0.5, 0.6) is 0 Å². The third-order valence-corrected chi connectivity index (χ3v) is 2.41. The Balaban J connectivity index is 2.15. The summed E-state index contributed by atoms with van der Waals surface area (Å²) in [6.45, 7) is 1.82. The van der Waals surface area contributed by atoms with Gasteiger partial charge in [-0.3, -0.25) is 9.89 Å². The molecule has 0 aliphatic rings. The molecule has 1 amide bonds. The number of aromatic nitrogens is 3. The van der Waals surface area contributed by atoms with Crippen molar-refractivity contribution in [3.05, 3.63) is 40.9 Å². The van der Waals surface area contributed by atoms with E-state index in [0.29, 0.717) is 16.5 Å². The summed E-state index contributed by atoms with van der Waals surface area (Å²) in [6, 6.07) is 3.34. The number of aromatic amines is 1. The normalized spacial score (nSPS) is 10.1. The summed E-state index contributed by atoms with van der Waals surface area (Å²) in [6.07, 6.45) is 3.02. The predicted octanol–water partition coefficient (Wildman–Crippen LogP) is 2.02. The molecule has 0 spiro atoms. The van der Waals surface area contributed by atoms with Crippen LogP contribution in [0.4, 0.5) is 5.69 Å². The number of hydrogen-bond donors (Lipinski definition) is 2. The number of nitrogens with one attached hydrogen (secondary N) is 2. The van der Waals surface area contributed by atoms with Crippen molar-refractivity contribution < 1.29 is 4.79 Å². The number of nitrogens with zero attached hydrogens (tertiary/aromatic N) is 2. The minimum absolute atomic E-state index is 0.263. The number of carbonyl (C=O) groups is 1. The van der Waals surface area contributed by atoms with Crippen molar-refractivity contribution in [3.63, 3.8) is 0 Å². The molecule has 2 aromatic heterocycles. The van der Waals surface area contributed by atoms with E-state index >= 15 is 0 Å². The number of hydrogen-bond acceptors (Lipinski definition) is 3. The molecule has 0 aliphatic carbocycles. The summed E-state index contributed by atoms with van der Waals surface area (Å²) >= 11 is 5.78. The second-order valence-electron chi connectivity index (χ2n) is 3.26. The highest BCUT2D eigenvalue weighted by Gasteiger charge is 2.07. The highest BCUT2D eigenvalue weighted by atomic mass is 35.5. The molecule has 0 radical (unpaired) electrons. The Morgan fingerprint density at radius 3 is 3.00 bits per heavy atom. The average molecular weight is 237 g/mol. The Bertz CT molecular complexity index is 510. The lowest BCUT2D eigenvalue weighted by Gasteiger charge is -2.04. The predicted molar refractivity (Wildman–Crippen MR) is 60.5 cm³/mol. The molecule has 0 saturated heterocycles. The zero-order chi connectivity index (χ0) is 11.5. The second kappa shape index (κ2) is 4.32. The molecule has 82 valence electrons. The van der Waals surface area contributed by atoms with E-state index in [1.54, 1.807) is 12.1 Å². The van der Waals surface area contributed by atoms with Gasteiger partial charge in [-0.05, 0) is 24.6 Å². The Labute approximate surface area is 96.8 Å². The highest BCUT2D eigenvalue weighted by Crippen LogP contribution is 2.16. The van der Waals surface area contributed by atoms with Gasteiger partial charge in [0.25, 0.3) is 5.91 Å². The van der Waals surface area contributed by atoms with Gasteiger partial charge in [0.1, 0.15) is 10.8 Å². The van der Waals surface area contributed by atoms with Crippen LogP contribution in [0.25, 0.3) is 0 Å². The molecule has 0 saturated carbocycles. The number of halogens is 1. The molecule has 0 fully saturated rings. The van der Waals surface area contributed by atoms with Crippen LogP contribution in [0, 0.1) is 6.92 Å². The molecule has 0 aliphatic heterocycles. The maximum atomic E-state index is 11.6. The van der Waals surface area contributed by atoms with Crippen molar-refractivity contribution in [2.45, 2.75) is 6.92 Å². The number of amides is 1. The maximum Gasteiger partial charge on any atom is 0.273 e. The van der Waals surface area contributed by atoms with Gasteiger partial charge < -0.3 is 5.32 Å². The van der Waals surface area contributed by atoms with Gasteiger partial charge in [-0.1, -0.05) is 11.6 Å². The van der Waals surface area contributed by atoms with Crippen molar-refractivity contribution in [3.8, 4) is 0 Å². The molecule has 0 bridgehead atoms. The third-order valence-electron chi connectivity index (χ3n) is 2.02. The summed E-state index contributed by atoms with van der Waals surface area (Å²) in [5.74, 6) is -0.263. The molecule has 0 aromatic carbocycles. The highest BCUT2D eigenvalue weighted by molar-refractivity contribution is 6.30. The quantitative estimate of drug-likeness (QED) is 0.784. The molecule has 5 nitrogen and oxygen atoms in total. The molecule has 2 aromatic rings. The van der Waals surface area contributed by atoms with Gasteiger partial charge in [-0.25, -0.2) is 4.98 Å². The Kier molecular flexibility index (Phi) is 2.87. The fourth-order valence-corrected chi connectivity index (χ4v) is 1.31. The van der Waals surface area contributed by atoms with Crippen molar-refractivity contribution in [1.29, 1.82) is 0 Å². The largest absolute Gasteiger partial charge is 0.319 e. The number of aryl methyl sites for hydroxylation is 1. The summed E-state index contributed by atoms with van der Waals surface area (Å²) in [7, 11) is 0. The summed E-state index contributed by atoms with van der Waals surface area (Å²) in [4.78, 5) is 15.6. The van der Waals surface area contributed by atoms with E-state index < -0.39 is 0 Å². The Morgan fingerprint density at radius 2 is 2.38 bits per heavy atom. The summed E-state index contributed by atoms with van der Waals surface area (Å²) < 4.78 is 0. The summed E-state index contributed by atoms with van der Waals surface area (Å²) in [5.41, 5.74) is 1.80. The SMILES string of the molecule is Cc1cc(NC(=O)c2ccn[nH]2)cnc1Cl. The van der Waals surface area contributed by atoms with Crippen LogP contribution in [0.2, 0.25) is 5.15 Å². The number of rotatable bonds is 2. The van der Waals surface area contributed by atoms with E-state index in [1.165, 1.54) is 12.4 Å². The molecule has 2 rings (SSSR count). The van der Waals surface area contributed by atoms with Gasteiger partial charge in [0.05, 0.1) is 11.9 Å². The number of anilines is 1. The third kappa shape index (κ3) is 2.20. The van der Waals surface area contributed by atoms with E-state index in [4.69, 9.17) is 11.6 Å². The van der Waals surface area contributed by atoms with Gasteiger partial charge in [0, 0.05) is 6.20 Å². The zero-order valence-corrected chi connectivity index (χ0v) is 9.25. The lowest BCUT2D eigenvalue weighted by molar-refractivity contribution is 0.102. The number of carbonyl (C=O) groups excluding carboxylic acids is 1. The minimum atomic E-state index is -0.263.